The van der Waals surface area contributed by atoms with E-state index in [1.165, 1.54) is 12.5 Å². The summed E-state index contributed by atoms with van der Waals surface area (Å²) < 4.78 is 4.91. The lowest BCUT2D eigenvalue weighted by Gasteiger charge is -2.00. The van der Waals surface area contributed by atoms with Gasteiger partial charge in [-0.15, -0.1) is 0 Å². The van der Waals surface area contributed by atoms with Gasteiger partial charge in [0.25, 0.3) is 0 Å². The van der Waals surface area contributed by atoms with E-state index >= 15 is 0 Å². The zero-order valence-corrected chi connectivity index (χ0v) is 5.45. The van der Waals surface area contributed by atoms with E-state index in [1.807, 2.05) is 0 Å². The predicted octanol–water partition coefficient (Wildman–Crippen LogP) is 1.19. The zero-order chi connectivity index (χ0) is 7.40. The van der Waals surface area contributed by atoms with Crippen molar-refractivity contribution in [2.45, 2.75) is 0 Å². The maximum Gasteiger partial charge on any atom is 0.167 e. The van der Waals surface area contributed by atoms with E-state index in [-0.39, 0.29) is 0 Å². The Hall–Kier alpha value is -1.51. The summed E-state index contributed by atoms with van der Waals surface area (Å²) in [5, 5.41) is 0. The van der Waals surface area contributed by atoms with Crippen LogP contribution in [-0.4, -0.2) is 4.98 Å². The molecule has 2 N–H and O–H groups in total. The molecule has 3 heteroatoms. The monoisotopic (exact) mass is 136 g/mol. The summed E-state index contributed by atoms with van der Waals surface area (Å²) in [6.07, 6.45) is 4.45. The van der Waals surface area contributed by atoms with Crippen LogP contribution in [0.4, 0.5) is 5.69 Å². The maximum atomic E-state index is 5.49. The van der Waals surface area contributed by atoms with E-state index in [0.717, 1.165) is 0 Å². The number of nitrogen functional groups attached to an aromatic ring is 1. The van der Waals surface area contributed by atoms with Gasteiger partial charge >= 0.3 is 0 Å². The second kappa shape index (κ2) is 2.87. The molecule has 52 valence electrons. The Kier molecular flexibility index (Phi) is 1.89. The second-order valence-electron chi connectivity index (χ2n) is 1.70. The van der Waals surface area contributed by atoms with E-state index < -0.39 is 0 Å². The lowest BCUT2D eigenvalue weighted by Crippen LogP contribution is -1.90. The zero-order valence-electron chi connectivity index (χ0n) is 5.45. The number of nitrogens with zero attached hydrogens (tertiary/aromatic N) is 1. The van der Waals surface area contributed by atoms with Gasteiger partial charge in [-0.1, -0.05) is 6.58 Å². The molecular formula is C7H8N2O. The Bertz CT molecular complexity index is 235. The Morgan fingerprint density at radius 1 is 1.70 bits per heavy atom. The normalized spacial score (nSPS) is 8.80. The van der Waals surface area contributed by atoms with Crippen molar-refractivity contribution in [3.8, 4) is 5.75 Å². The van der Waals surface area contributed by atoms with Gasteiger partial charge in [-0.2, -0.15) is 0 Å². The topological polar surface area (TPSA) is 48.1 Å². The average molecular weight is 136 g/mol. The maximum absolute atomic E-state index is 5.49. The van der Waals surface area contributed by atoms with Gasteiger partial charge in [0.2, 0.25) is 0 Å². The lowest BCUT2D eigenvalue weighted by atomic mass is 10.4. The Morgan fingerprint density at radius 3 is 3.10 bits per heavy atom. The Balaban J connectivity index is 2.91. The molecule has 3 nitrogen and oxygen atoms in total. The molecule has 1 aromatic heterocycles. The van der Waals surface area contributed by atoms with Crippen LogP contribution in [0.25, 0.3) is 0 Å². The molecule has 0 saturated heterocycles. The molecule has 10 heavy (non-hydrogen) atoms. The third-order valence-corrected chi connectivity index (χ3v) is 1.03. The minimum Gasteiger partial charge on any atom is -0.462 e. The van der Waals surface area contributed by atoms with E-state index in [2.05, 4.69) is 11.6 Å². The highest BCUT2D eigenvalue weighted by Gasteiger charge is 1.94. The van der Waals surface area contributed by atoms with Crippen molar-refractivity contribution >= 4 is 5.69 Å². The molecule has 0 amide bonds. The van der Waals surface area contributed by atoms with Crippen molar-refractivity contribution in [3.05, 3.63) is 31.3 Å². The number of hydrogen-bond donors (Lipinski definition) is 1. The first-order valence-corrected chi connectivity index (χ1v) is 2.81. The van der Waals surface area contributed by atoms with Crippen LogP contribution in [0.5, 0.6) is 5.75 Å². The summed E-state index contributed by atoms with van der Waals surface area (Å²) in [7, 11) is 0. The minimum atomic E-state index is 0.539. The molecular weight excluding hydrogens is 128 g/mol. The molecule has 1 rings (SSSR count). The van der Waals surface area contributed by atoms with Crippen molar-refractivity contribution in [2.24, 2.45) is 0 Å². The molecule has 0 bridgehead atoms. The van der Waals surface area contributed by atoms with Crippen LogP contribution < -0.4 is 10.5 Å². The van der Waals surface area contributed by atoms with Gasteiger partial charge < -0.3 is 10.5 Å². The first-order valence-electron chi connectivity index (χ1n) is 2.81. The first-order chi connectivity index (χ1) is 4.84. The van der Waals surface area contributed by atoms with Gasteiger partial charge in [-0.05, 0) is 6.07 Å². The first kappa shape index (κ1) is 6.61. The van der Waals surface area contributed by atoms with Gasteiger partial charge in [0.05, 0.1) is 18.1 Å². The van der Waals surface area contributed by atoms with Gasteiger partial charge in [-0.3, -0.25) is 4.98 Å². The van der Waals surface area contributed by atoms with E-state index in [4.69, 9.17) is 10.5 Å². The van der Waals surface area contributed by atoms with Crippen molar-refractivity contribution < 1.29 is 4.74 Å². The van der Waals surface area contributed by atoms with Crippen LogP contribution in [-0.2, 0) is 0 Å². The van der Waals surface area contributed by atoms with Gasteiger partial charge in [0, 0.05) is 6.20 Å². The summed E-state index contributed by atoms with van der Waals surface area (Å²) >= 11 is 0. The summed E-state index contributed by atoms with van der Waals surface area (Å²) in [5.74, 6) is 0.539. The molecule has 0 aliphatic heterocycles. The molecule has 0 aliphatic carbocycles. The molecule has 0 fully saturated rings. The number of hydrogen-bond acceptors (Lipinski definition) is 3. The standard InChI is InChI=1S/C7H8N2O/c1-2-10-7-5-9-4-3-6(7)8/h2-5H,1H2,(H2,8,9). The Labute approximate surface area is 59.1 Å². The van der Waals surface area contributed by atoms with Crippen molar-refractivity contribution in [3.63, 3.8) is 0 Å². The molecule has 0 radical (unpaired) electrons. The highest BCUT2D eigenvalue weighted by molar-refractivity contribution is 5.50. The molecule has 1 heterocycles. The fourth-order valence-corrected chi connectivity index (χ4v) is 0.579. The molecule has 0 saturated carbocycles. The highest BCUT2D eigenvalue weighted by atomic mass is 16.5. The number of aromatic nitrogens is 1. The minimum absolute atomic E-state index is 0.539. The molecule has 0 atom stereocenters. The SMILES string of the molecule is C=COc1cnccc1N. The molecule has 0 aliphatic rings. The van der Waals surface area contributed by atoms with Crippen molar-refractivity contribution in [2.75, 3.05) is 5.73 Å². The molecule has 1 aromatic rings. The van der Waals surface area contributed by atoms with Crippen LogP contribution in [0.3, 0.4) is 0 Å². The highest BCUT2D eigenvalue weighted by Crippen LogP contribution is 2.17. The number of pyridine rings is 1. The van der Waals surface area contributed by atoms with Gasteiger partial charge in [0.15, 0.2) is 5.75 Å². The largest absolute Gasteiger partial charge is 0.462 e. The van der Waals surface area contributed by atoms with Crippen LogP contribution >= 0.6 is 0 Å². The lowest BCUT2D eigenvalue weighted by molar-refractivity contribution is 0.483. The molecule has 0 spiro atoms. The predicted molar refractivity (Wildman–Crippen MR) is 39.5 cm³/mol. The van der Waals surface area contributed by atoms with Crippen molar-refractivity contribution in [1.29, 1.82) is 0 Å². The summed E-state index contributed by atoms with van der Waals surface area (Å²) in [4.78, 5) is 3.81. The van der Waals surface area contributed by atoms with E-state index in [0.29, 0.717) is 11.4 Å². The summed E-state index contributed by atoms with van der Waals surface area (Å²) in [6, 6.07) is 1.67. The number of ether oxygens (including phenoxy) is 1. The Morgan fingerprint density at radius 2 is 2.50 bits per heavy atom. The number of rotatable bonds is 2. The van der Waals surface area contributed by atoms with Gasteiger partial charge in [0.1, 0.15) is 0 Å². The second-order valence-corrected chi connectivity index (χ2v) is 1.70. The van der Waals surface area contributed by atoms with Crippen LogP contribution in [0.2, 0.25) is 0 Å². The summed E-state index contributed by atoms with van der Waals surface area (Å²) in [5.41, 5.74) is 6.06. The smallest absolute Gasteiger partial charge is 0.167 e. The number of nitrogens with two attached hydrogens (primary N) is 1. The van der Waals surface area contributed by atoms with Gasteiger partial charge in [-0.25, -0.2) is 0 Å². The van der Waals surface area contributed by atoms with Crippen LogP contribution in [0.15, 0.2) is 31.3 Å². The van der Waals surface area contributed by atoms with E-state index in [9.17, 15) is 0 Å². The third kappa shape index (κ3) is 1.25. The van der Waals surface area contributed by atoms with E-state index in [1.54, 1.807) is 12.3 Å². The van der Waals surface area contributed by atoms with Crippen LogP contribution in [0.1, 0.15) is 0 Å². The fraction of sp³-hybridized carbons (Fsp3) is 0. The third-order valence-electron chi connectivity index (χ3n) is 1.03. The fourth-order valence-electron chi connectivity index (χ4n) is 0.579. The summed E-state index contributed by atoms with van der Waals surface area (Å²) in [6.45, 7) is 3.39. The quantitative estimate of drug-likeness (QED) is 0.621. The molecule has 0 aromatic carbocycles. The van der Waals surface area contributed by atoms with Crippen LogP contribution in [0, 0.1) is 0 Å². The molecule has 0 unspecified atom stereocenters. The number of anilines is 1. The average Bonchev–Trinajstić information content (AvgIpc) is 1.94. The van der Waals surface area contributed by atoms with Crippen molar-refractivity contribution in [1.82, 2.24) is 4.98 Å².